The molecule has 1 unspecified atom stereocenters. The average molecular weight is 168 g/mol. The Kier molecular flexibility index (Phi) is 3.90. The Morgan fingerprint density at radius 2 is 1.55 bits per heavy atom. The second-order valence-electron chi connectivity index (χ2n) is 3.18. The smallest absolute Gasteiger partial charge is 0.171 e. The summed E-state index contributed by atoms with van der Waals surface area (Å²) in [7, 11) is 0. The summed E-state index contributed by atoms with van der Waals surface area (Å²) in [6.07, 6.45) is -3.83. The summed E-state index contributed by atoms with van der Waals surface area (Å²) in [5.41, 5.74) is 0. The molecule has 11 heavy (non-hydrogen) atoms. The fourth-order valence-corrected chi connectivity index (χ4v) is 0.969. The van der Waals surface area contributed by atoms with Crippen LogP contribution in [0.5, 0.6) is 0 Å². The zero-order chi connectivity index (χ0) is 9.07. The van der Waals surface area contributed by atoms with Gasteiger partial charge in [0.25, 0.3) is 0 Å². The Hall–Kier alpha value is -0.210. The number of rotatable bonds is 3. The minimum Gasteiger partial charge on any atom is -0.171 e. The molecular weight excluding hydrogens is 153 g/mol. The maximum absolute atomic E-state index is 11.8. The lowest BCUT2D eigenvalue weighted by Crippen LogP contribution is -2.17. The second kappa shape index (κ2) is 3.98. The molecule has 0 radical (unpaired) electrons. The van der Waals surface area contributed by atoms with Crippen LogP contribution in [0.3, 0.4) is 0 Å². The highest BCUT2D eigenvalue weighted by Crippen LogP contribution is 2.29. The van der Waals surface area contributed by atoms with Crippen LogP contribution in [0, 0.1) is 11.8 Å². The Morgan fingerprint density at radius 3 is 1.82 bits per heavy atom. The molecule has 0 N–H and O–H groups in total. The molecule has 0 amide bonds. The van der Waals surface area contributed by atoms with E-state index in [1.807, 2.05) is 13.8 Å². The van der Waals surface area contributed by atoms with Crippen LogP contribution in [0.2, 0.25) is 0 Å². The van der Waals surface area contributed by atoms with Crippen molar-refractivity contribution in [2.75, 3.05) is 0 Å². The third kappa shape index (κ3) is 5.10. The molecule has 0 aromatic carbocycles. The normalized spacial score (nSPS) is 18.0. The molecule has 0 spiro atoms. The van der Waals surface area contributed by atoms with Crippen LogP contribution in [0.15, 0.2) is 0 Å². The Balaban J connectivity index is 3.77. The lowest BCUT2D eigenvalue weighted by atomic mass is 9.91. The zero-order valence-corrected chi connectivity index (χ0v) is 7.20. The molecule has 0 rings (SSSR count). The van der Waals surface area contributed by atoms with Crippen molar-refractivity contribution in [3.05, 3.63) is 0 Å². The SMILES string of the molecule is CCC(C)[C@H](C)CC(F)(F)F. The first-order valence-electron chi connectivity index (χ1n) is 3.93. The standard InChI is InChI=1S/C8H15F3/c1-4-6(2)7(3)5-8(9,10)11/h6-7H,4-5H2,1-3H3/t6?,7-/m1/s1. The summed E-state index contributed by atoms with van der Waals surface area (Å²) < 4.78 is 35.4. The van der Waals surface area contributed by atoms with Crippen LogP contribution in [0.4, 0.5) is 13.2 Å². The highest BCUT2D eigenvalue weighted by atomic mass is 19.4. The van der Waals surface area contributed by atoms with Crippen LogP contribution < -0.4 is 0 Å². The summed E-state index contributed by atoms with van der Waals surface area (Å²) in [6, 6.07) is 0. The van der Waals surface area contributed by atoms with Crippen molar-refractivity contribution in [1.29, 1.82) is 0 Å². The average Bonchev–Trinajstić information content (AvgIpc) is 1.82. The fourth-order valence-electron chi connectivity index (χ4n) is 0.969. The number of halogens is 3. The third-order valence-corrected chi connectivity index (χ3v) is 2.17. The molecule has 0 fully saturated rings. The molecule has 0 aliphatic rings. The van der Waals surface area contributed by atoms with Crippen molar-refractivity contribution in [3.63, 3.8) is 0 Å². The van der Waals surface area contributed by atoms with E-state index < -0.39 is 12.6 Å². The van der Waals surface area contributed by atoms with Crippen molar-refractivity contribution in [1.82, 2.24) is 0 Å². The van der Waals surface area contributed by atoms with Crippen LogP contribution in [-0.4, -0.2) is 6.18 Å². The van der Waals surface area contributed by atoms with E-state index in [4.69, 9.17) is 0 Å². The molecule has 0 nitrogen and oxygen atoms in total. The fraction of sp³-hybridized carbons (Fsp3) is 1.00. The van der Waals surface area contributed by atoms with Crippen molar-refractivity contribution in [2.45, 2.75) is 39.8 Å². The van der Waals surface area contributed by atoms with E-state index in [2.05, 4.69) is 0 Å². The predicted molar refractivity (Wildman–Crippen MR) is 39.3 cm³/mol. The number of alkyl halides is 3. The van der Waals surface area contributed by atoms with Gasteiger partial charge in [-0.05, 0) is 11.8 Å². The second-order valence-corrected chi connectivity index (χ2v) is 3.18. The van der Waals surface area contributed by atoms with E-state index in [1.165, 1.54) is 0 Å². The molecule has 0 heterocycles. The van der Waals surface area contributed by atoms with Crippen molar-refractivity contribution in [3.8, 4) is 0 Å². The molecule has 2 atom stereocenters. The molecule has 0 aromatic rings. The molecule has 0 bridgehead atoms. The number of hydrogen-bond donors (Lipinski definition) is 0. The molecule has 0 saturated carbocycles. The monoisotopic (exact) mass is 168 g/mol. The van der Waals surface area contributed by atoms with E-state index in [0.29, 0.717) is 0 Å². The minimum absolute atomic E-state index is 0.164. The maximum atomic E-state index is 11.8. The van der Waals surface area contributed by atoms with E-state index in [9.17, 15) is 13.2 Å². The lowest BCUT2D eigenvalue weighted by Gasteiger charge is -2.19. The maximum Gasteiger partial charge on any atom is 0.389 e. The first-order valence-corrected chi connectivity index (χ1v) is 3.93. The van der Waals surface area contributed by atoms with Crippen molar-refractivity contribution in [2.24, 2.45) is 11.8 Å². The largest absolute Gasteiger partial charge is 0.389 e. The van der Waals surface area contributed by atoms with Gasteiger partial charge >= 0.3 is 6.18 Å². The van der Waals surface area contributed by atoms with Gasteiger partial charge < -0.3 is 0 Å². The van der Waals surface area contributed by atoms with Gasteiger partial charge in [0.05, 0.1) is 0 Å². The summed E-state index contributed by atoms with van der Waals surface area (Å²) in [5, 5.41) is 0. The highest BCUT2D eigenvalue weighted by Gasteiger charge is 2.31. The highest BCUT2D eigenvalue weighted by molar-refractivity contribution is 4.64. The topological polar surface area (TPSA) is 0 Å². The van der Waals surface area contributed by atoms with E-state index >= 15 is 0 Å². The van der Waals surface area contributed by atoms with Gasteiger partial charge in [0.2, 0.25) is 0 Å². The first-order chi connectivity index (χ1) is 4.87. The molecule has 0 saturated heterocycles. The van der Waals surface area contributed by atoms with E-state index in [-0.39, 0.29) is 11.8 Å². The molecule has 0 aliphatic heterocycles. The molecule has 68 valence electrons. The van der Waals surface area contributed by atoms with Gasteiger partial charge in [0.15, 0.2) is 0 Å². The van der Waals surface area contributed by atoms with Gasteiger partial charge in [-0.15, -0.1) is 0 Å². The Bertz CT molecular complexity index is 106. The van der Waals surface area contributed by atoms with Gasteiger partial charge in [-0.25, -0.2) is 0 Å². The number of hydrogen-bond acceptors (Lipinski definition) is 0. The van der Waals surface area contributed by atoms with Gasteiger partial charge in [0, 0.05) is 6.42 Å². The van der Waals surface area contributed by atoms with Crippen molar-refractivity contribution < 1.29 is 13.2 Å². The lowest BCUT2D eigenvalue weighted by molar-refractivity contribution is -0.146. The summed E-state index contributed by atoms with van der Waals surface area (Å²) in [6.45, 7) is 5.43. The summed E-state index contributed by atoms with van der Waals surface area (Å²) in [5.74, 6) is -0.0865. The molecule has 0 aliphatic carbocycles. The van der Waals surface area contributed by atoms with E-state index in [1.54, 1.807) is 6.92 Å². The first kappa shape index (κ1) is 10.8. The van der Waals surface area contributed by atoms with Crippen LogP contribution in [0.1, 0.15) is 33.6 Å². The van der Waals surface area contributed by atoms with Gasteiger partial charge in [-0.1, -0.05) is 27.2 Å². The molecule has 3 heteroatoms. The van der Waals surface area contributed by atoms with Gasteiger partial charge in [-0.2, -0.15) is 13.2 Å². The predicted octanol–water partition coefficient (Wildman–Crippen LogP) is 3.62. The van der Waals surface area contributed by atoms with Crippen molar-refractivity contribution >= 4 is 0 Å². The summed E-state index contributed by atoms with van der Waals surface area (Å²) in [4.78, 5) is 0. The minimum atomic E-state index is -4.00. The third-order valence-electron chi connectivity index (χ3n) is 2.17. The van der Waals surface area contributed by atoms with Crippen LogP contribution >= 0.6 is 0 Å². The molecule has 0 aromatic heterocycles. The summed E-state index contributed by atoms with van der Waals surface area (Å²) >= 11 is 0. The molecular formula is C8H15F3. The van der Waals surface area contributed by atoms with Gasteiger partial charge in [-0.3, -0.25) is 0 Å². The Morgan fingerprint density at radius 1 is 1.09 bits per heavy atom. The quantitative estimate of drug-likeness (QED) is 0.603. The van der Waals surface area contributed by atoms with Crippen LogP contribution in [-0.2, 0) is 0 Å². The van der Waals surface area contributed by atoms with Crippen LogP contribution in [0.25, 0.3) is 0 Å². The zero-order valence-electron chi connectivity index (χ0n) is 7.20. The van der Waals surface area contributed by atoms with E-state index in [0.717, 1.165) is 6.42 Å². The van der Waals surface area contributed by atoms with Gasteiger partial charge in [0.1, 0.15) is 0 Å². The Labute approximate surface area is 65.8 Å².